The fourth-order valence-corrected chi connectivity index (χ4v) is 1.96. The Kier molecular flexibility index (Phi) is 4.14. The van der Waals surface area contributed by atoms with Crippen molar-refractivity contribution in [3.63, 3.8) is 0 Å². The van der Waals surface area contributed by atoms with E-state index in [0.717, 1.165) is 5.56 Å². The number of nitrogens with one attached hydrogen (secondary N) is 2. The monoisotopic (exact) mass is 273 g/mol. The van der Waals surface area contributed by atoms with Gasteiger partial charge >= 0.3 is 5.97 Å². The SMILES string of the molecule is CCC(NC(=O)c1nc[nH]c1C(=O)O)c1ccccc1. The highest BCUT2D eigenvalue weighted by atomic mass is 16.4. The summed E-state index contributed by atoms with van der Waals surface area (Å²) in [6.45, 7) is 1.95. The van der Waals surface area contributed by atoms with Crippen LogP contribution in [0.4, 0.5) is 0 Å². The number of imidazole rings is 1. The zero-order valence-electron chi connectivity index (χ0n) is 11.0. The highest BCUT2D eigenvalue weighted by Gasteiger charge is 2.22. The summed E-state index contributed by atoms with van der Waals surface area (Å²) in [5, 5.41) is 11.8. The second kappa shape index (κ2) is 6.01. The molecule has 0 aliphatic carbocycles. The summed E-state index contributed by atoms with van der Waals surface area (Å²) in [4.78, 5) is 29.3. The zero-order chi connectivity index (χ0) is 14.5. The highest BCUT2D eigenvalue weighted by molar-refractivity contribution is 6.02. The fraction of sp³-hybridized carbons (Fsp3) is 0.214. The molecular formula is C14H15N3O3. The smallest absolute Gasteiger partial charge is 0.354 e. The number of carbonyl (C=O) groups excluding carboxylic acids is 1. The van der Waals surface area contributed by atoms with Crippen LogP contribution in [0.5, 0.6) is 0 Å². The number of carbonyl (C=O) groups is 2. The molecule has 0 saturated heterocycles. The van der Waals surface area contributed by atoms with Crippen molar-refractivity contribution in [1.82, 2.24) is 15.3 Å². The molecule has 6 heteroatoms. The summed E-state index contributed by atoms with van der Waals surface area (Å²) in [5.41, 5.74) is 0.660. The minimum Gasteiger partial charge on any atom is -0.477 e. The Morgan fingerprint density at radius 2 is 2.05 bits per heavy atom. The third-order valence-corrected chi connectivity index (χ3v) is 2.98. The topological polar surface area (TPSA) is 95.1 Å². The van der Waals surface area contributed by atoms with E-state index in [2.05, 4.69) is 15.3 Å². The predicted octanol–water partition coefficient (Wildman–Crippen LogP) is 1.99. The highest BCUT2D eigenvalue weighted by Crippen LogP contribution is 2.17. The molecule has 3 N–H and O–H groups in total. The molecule has 0 bridgehead atoms. The van der Waals surface area contributed by atoms with E-state index in [1.807, 2.05) is 37.3 Å². The first kappa shape index (κ1) is 13.8. The summed E-state index contributed by atoms with van der Waals surface area (Å²) >= 11 is 0. The summed E-state index contributed by atoms with van der Waals surface area (Å²) in [6, 6.07) is 9.33. The number of aromatic nitrogens is 2. The number of nitrogens with zero attached hydrogens (tertiary/aromatic N) is 1. The first-order chi connectivity index (χ1) is 9.63. The van der Waals surface area contributed by atoms with Gasteiger partial charge in [0.15, 0.2) is 11.4 Å². The Morgan fingerprint density at radius 3 is 2.65 bits per heavy atom. The Hall–Kier alpha value is -2.63. The first-order valence-corrected chi connectivity index (χ1v) is 6.26. The maximum Gasteiger partial charge on any atom is 0.354 e. The maximum atomic E-state index is 12.1. The van der Waals surface area contributed by atoms with Crippen molar-refractivity contribution >= 4 is 11.9 Å². The van der Waals surface area contributed by atoms with Gasteiger partial charge in [0.05, 0.1) is 12.4 Å². The third-order valence-electron chi connectivity index (χ3n) is 2.98. The van der Waals surface area contributed by atoms with Crippen molar-refractivity contribution in [1.29, 1.82) is 0 Å². The lowest BCUT2D eigenvalue weighted by Crippen LogP contribution is -2.29. The Labute approximate surface area is 115 Å². The maximum absolute atomic E-state index is 12.1. The van der Waals surface area contributed by atoms with Crippen molar-refractivity contribution in [3.05, 3.63) is 53.6 Å². The summed E-state index contributed by atoms with van der Waals surface area (Å²) < 4.78 is 0. The summed E-state index contributed by atoms with van der Waals surface area (Å²) in [6.07, 6.45) is 1.89. The van der Waals surface area contributed by atoms with Gasteiger partial charge in [0, 0.05) is 0 Å². The molecule has 0 saturated carbocycles. The average molecular weight is 273 g/mol. The number of hydrogen-bond donors (Lipinski definition) is 3. The molecule has 1 aromatic carbocycles. The van der Waals surface area contributed by atoms with Crippen LogP contribution < -0.4 is 5.32 Å². The van der Waals surface area contributed by atoms with E-state index in [0.29, 0.717) is 6.42 Å². The van der Waals surface area contributed by atoms with Crippen LogP contribution in [0.2, 0.25) is 0 Å². The van der Waals surface area contributed by atoms with Gasteiger partial charge in [0.1, 0.15) is 0 Å². The van der Waals surface area contributed by atoms with E-state index in [-0.39, 0.29) is 17.4 Å². The van der Waals surface area contributed by atoms with Gasteiger partial charge in [0.2, 0.25) is 0 Å². The lowest BCUT2D eigenvalue weighted by Gasteiger charge is -2.16. The summed E-state index contributed by atoms with van der Waals surface area (Å²) in [5.74, 6) is -1.71. The van der Waals surface area contributed by atoms with Crippen LogP contribution in [-0.4, -0.2) is 27.0 Å². The molecule has 1 amide bonds. The second-order valence-electron chi connectivity index (χ2n) is 4.28. The van der Waals surface area contributed by atoms with Crippen molar-refractivity contribution < 1.29 is 14.7 Å². The van der Waals surface area contributed by atoms with Crippen LogP contribution in [0, 0.1) is 0 Å². The number of aromatic carboxylic acids is 1. The van der Waals surface area contributed by atoms with Crippen molar-refractivity contribution in [2.45, 2.75) is 19.4 Å². The van der Waals surface area contributed by atoms with Crippen LogP contribution in [0.25, 0.3) is 0 Å². The predicted molar refractivity (Wildman–Crippen MR) is 72.5 cm³/mol. The largest absolute Gasteiger partial charge is 0.477 e. The standard InChI is InChI=1S/C14H15N3O3/c1-2-10(9-6-4-3-5-7-9)17-13(18)11-12(14(19)20)16-8-15-11/h3-8,10H,2H2,1H3,(H,15,16)(H,17,18)(H,19,20). The summed E-state index contributed by atoms with van der Waals surface area (Å²) in [7, 11) is 0. The van der Waals surface area contributed by atoms with Gasteiger partial charge in [-0.2, -0.15) is 0 Å². The van der Waals surface area contributed by atoms with Crippen LogP contribution in [0.3, 0.4) is 0 Å². The van der Waals surface area contributed by atoms with Gasteiger partial charge in [-0.15, -0.1) is 0 Å². The van der Waals surface area contributed by atoms with Crippen molar-refractivity contribution in [2.24, 2.45) is 0 Å². The molecule has 2 rings (SSSR count). The van der Waals surface area contributed by atoms with Gasteiger partial charge in [-0.1, -0.05) is 37.3 Å². The lowest BCUT2D eigenvalue weighted by atomic mass is 10.0. The van der Waals surface area contributed by atoms with Gasteiger partial charge in [-0.05, 0) is 12.0 Å². The quantitative estimate of drug-likeness (QED) is 0.776. The number of carboxylic acid groups (broad SMARTS) is 1. The number of H-pyrrole nitrogens is 1. The van der Waals surface area contributed by atoms with E-state index in [1.165, 1.54) is 6.33 Å². The van der Waals surface area contributed by atoms with Gasteiger partial charge in [-0.3, -0.25) is 4.79 Å². The normalized spacial score (nSPS) is 11.8. The molecule has 0 spiro atoms. The first-order valence-electron chi connectivity index (χ1n) is 6.26. The van der Waals surface area contributed by atoms with Gasteiger partial charge in [-0.25, -0.2) is 9.78 Å². The molecule has 1 aromatic heterocycles. The third kappa shape index (κ3) is 2.85. The zero-order valence-corrected chi connectivity index (χ0v) is 11.0. The molecule has 0 aliphatic rings. The molecule has 104 valence electrons. The van der Waals surface area contributed by atoms with E-state index in [4.69, 9.17) is 5.11 Å². The molecule has 1 heterocycles. The Bertz CT molecular complexity index is 607. The fourth-order valence-electron chi connectivity index (χ4n) is 1.96. The molecular weight excluding hydrogens is 258 g/mol. The number of hydrogen-bond acceptors (Lipinski definition) is 3. The van der Waals surface area contributed by atoms with E-state index < -0.39 is 11.9 Å². The molecule has 0 radical (unpaired) electrons. The lowest BCUT2D eigenvalue weighted by molar-refractivity contribution is 0.0684. The van der Waals surface area contributed by atoms with Crippen LogP contribution >= 0.6 is 0 Å². The number of benzene rings is 1. The Morgan fingerprint density at radius 1 is 1.35 bits per heavy atom. The van der Waals surface area contributed by atoms with Crippen LogP contribution in [0.15, 0.2) is 36.7 Å². The number of amides is 1. The molecule has 20 heavy (non-hydrogen) atoms. The van der Waals surface area contributed by atoms with Crippen LogP contribution in [-0.2, 0) is 0 Å². The Balaban J connectivity index is 2.18. The minimum atomic E-state index is -1.21. The van der Waals surface area contributed by atoms with Gasteiger partial charge < -0.3 is 15.4 Å². The molecule has 1 atom stereocenters. The number of carboxylic acids is 1. The second-order valence-corrected chi connectivity index (χ2v) is 4.28. The van der Waals surface area contributed by atoms with E-state index in [1.54, 1.807) is 0 Å². The molecule has 1 unspecified atom stereocenters. The van der Waals surface area contributed by atoms with Crippen LogP contribution in [0.1, 0.15) is 45.9 Å². The molecule has 0 fully saturated rings. The minimum absolute atomic E-state index is 0.105. The van der Waals surface area contributed by atoms with Crippen molar-refractivity contribution in [2.75, 3.05) is 0 Å². The van der Waals surface area contributed by atoms with Gasteiger partial charge in [0.25, 0.3) is 5.91 Å². The number of rotatable bonds is 5. The van der Waals surface area contributed by atoms with Crippen molar-refractivity contribution in [3.8, 4) is 0 Å². The molecule has 0 aliphatic heterocycles. The number of aromatic amines is 1. The van der Waals surface area contributed by atoms with E-state index in [9.17, 15) is 9.59 Å². The van der Waals surface area contributed by atoms with E-state index >= 15 is 0 Å². The molecule has 2 aromatic rings. The molecule has 6 nitrogen and oxygen atoms in total. The average Bonchev–Trinajstić information content (AvgIpc) is 2.95.